The van der Waals surface area contributed by atoms with Gasteiger partial charge in [-0.05, 0) is 31.9 Å². The first-order chi connectivity index (χ1) is 19.0. The molecule has 5 atom stereocenters. The van der Waals surface area contributed by atoms with Crippen molar-refractivity contribution >= 4 is 22.8 Å². The first kappa shape index (κ1) is 36.0. The van der Waals surface area contributed by atoms with Crippen molar-refractivity contribution in [3.63, 3.8) is 0 Å². The van der Waals surface area contributed by atoms with Gasteiger partial charge in [0.05, 0.1) is 32.5 Å². The van der Waals surface area contributed by atoms with Gasteiger partial charge in [0.15, 0.2) is 5.54 Å². The molecule has 1 aromatic rings. The predicted octanol–water partition coefficient (Wildman–Crippen LogP) is -0.254. The standard InChI is InChI=1S/C18H25NO7S.C8H18O5/c1-18(17(22)23)12-27-16(19-18)14-4-3-13(11-15(14)21)26-10-9-25-8-7-24-6-2-5-20;1-2-3-5(10)7(12)8(13)6(11)4-9/h3-4,11,20-21H,2,5-10,12H2,1H3,(H,22,23);5-13H,2-4H2,1H3/t18-;/m1./s1. The van der Waals surface area contributed by atoms with Crippen molar-refractivity contribution in [2.75, 3.05) is 52.0 Å². The van der Waals surface area contributed by atoms with Crippen LogP contribution in [0.1, 0.15) is 38.7 Å². The van der Waals surface area contributed by atoms with Gasteiger partial charge in [-0.15, -0.1) is 11.8 Å². The quantitative estimate of drug-likeness (QED) is 0.103. The molecule has 0 fully saturated rings. The van der Waals surface area contributed by atoms with Crippen molar-refractivity contribution in [2.24, 2.45) is 4.99 Å². The summed E-state index contributed by atoms with van der Waals surface area (Å²) in [6.07, 6.45) is -3.78. The Bertz CT molecular complexity index is 904. The Balaban J connectivity index is 0.000000520. The molecule has 1 aliphatic heterocycles. The highest BCUT2D eigenvalue weighted by molar-refractivity contribution is 8.14. The molecular formula is C26H43NO12S. The highest BCUT2D eigenvalue weighted by Gasteiger charge is 2.39. The zero-order valence-electron chi connectivity index (χ0n) is 22.9. The molecule has 0 saturated heterocycles. The lowest BCUT2D eigenvalue weighted by molar-refractivity contribution is -0.141. The number of thioether (sulfide) groups is 1. The summed E-state index contributed by atoms with van der Waals surface area (Å²) in [5.74, 6) is -0.172. The molecule has 40 heavy (non-hydrogen) atoms. The van der Waals surface area contributed by atoms with Crippen molar-refractivity contribution in [1.29, 1.82) is 0 Å². The van der Waals surface area contributed by atoms with Gasteiger partial charge >= 0.3 is 5.97 Å². The van der Waals surface area contributed by atoms with Crippen molar-refractivity contribution in [3.05, 3.63) is 23.8 Å². The molecule has 0 aromatic heterocycles. The molecule has 0 spiro atoms. The summed E-state index contributed by atoms with van der Waals surface area (Å²) in [6, 6.07) is 4.85. The van der Waals surface area contributed by atoms with Crippen LogP contribution >= 0.6 is 11.8 Å². The summed E-state index contributed by atoms with van der Waals surface area (Å²) in [5, 5.41) is 73.6. The number of phenolic OH excluding ortho intramolecular Hbond substituents is 1. The number of ether oxygens (including phenoxy) is 3. The molecule has 1 aliphatic rings. The molecule has 0 saturated carbocycles. The second-order valence-electron chi connectivity index (χ2n) is 9.20. The summed E-state index contributed by atoms with van der Waals surface area (Å²) < 4.78 is 16.1. The van der Waals surface area contributed by atoms with Crippen LogP contribution in [0.15, 0.2) is 23.2 Å². The summed E-state index contributed by atoms with van der Waals surface area (Å²) >= 11 is 1.31. The van der Waals surface area contributed by atoms with Gasteiger partial charge in [-0.1, -0.05) is 13.3 Å². The Hall–Kier alpha value is -2.01. The minimum atomic E-state index is -1.51. The van der Waals surface area contributed by atoms with Crippen LogP contribution in [0.5, 0.6) is 11.5 Å². The fraction of sp³-hybridized carbons (Fsp3) is 0.692. The Morgan fingerprint density at radius 3 is 2.20 bits per heavy atom. The molecule has 0 amide bonds. The summed E-state index contributed by atoms with van der Waals surface area (Å²) in [7, 11) is 0. The maximum atomic E-state index is 11.3. The van der Waals surface area contributed by atoms with E-state index >= 15 is 0 Å². The van der Waals surface area contributed by atoms with Gasteiger partial charge in [-0.25, -0.2) is 4.79 Å². The third-order valence-corrected chi connectivity index (χ3v) is 7.01. The fourth-order valence-corrected chi connectivity index (χ4v) is 4.46. The molecule has 8 N–H and O–H groups in total. The fourth-order valence-electron chi connectivity index (χ4n) is 3.26. The maximum Gasteiger partial charge on any atom is 0.332 e. The van der Waals surface area contributed by atoms with Crippen LogP contribution in [0.4, 0.5) is 0 Å². The van der Waals surface area contributed by atoms with Crippen LogP contribution in [-0.4, -0.2) is 134 Å². The smallest absolute Gasteiger partial charge is 0.332 e. The van der Waals surface area contributed by atoms with Gasteiger partial charge in [0.1, 0.15) is 41.5 Å². The van der Waals surface area contributed by atoms with Crippen LogP contribution in [0.2, 0.25) is 0 Å². The number of benzene rings is 1. The zero-order valence-corrected chi connectivity index (χ0v) is 23.7. The van der Waals surface area contributed by atoms with Gasteiger partial charge < -0.3 is 55.1 Å². The van der Waals surface area contributed by atoms with Crippen LogP contribution in [-0.2, 0) is 14.3 Å². The molecule has 230 valence electrons. The first-order valence-electron chi connectivity index (χ1n) is 13.0. The van der Waals surface area contributed by atoms with E-state index in [0.29, 0.717) is 74.4 Å². The second kappa shape index (κ2) is 19.2. The molecule has 0 radical (unpaired) electrons. The van der Waals surface area contributed by atoms with Crippen LogP contribution in [0.25, 0.3) is 0 Å². The molecule has 1 heterocycles. The SMILES string of the molecule is CCCC(O)C(O)C(O)C(O)CO.C[C@]1(C(=O)O)CSC(c2ccc(OCCOCCOCCCO)cc2O)=N1. The summed E-state index contributed by atoms with van der Waals surface area (Å²) in [6.45, 7) is 4.97. The Morgan fingerprint density at radius 1 is 1.02 bits per heavy atom. The number of aliphatic hydroxyl groups excluding tert-OH is 6. The average Bonchev–Trinajstić information content (AvgIpc) is 3.34. The highest BCUT2D eigenvalue weighted by atomic mass is 32.2. The van der Waals surface area contributed by atoms with Crippen molar-refractivity contribution in [1.82, 2.24) is 0 Å². The van der Waals surface area contributed by atoms with Crippen LogP contribution < -0.4 is 4.74 Å². The van der Waals surface area contributed by atoms with Crippen LogP contribution in [0.3, 0.4) is 0 Å². The lowest BCUT2D eigenvalue weighted by Crippen LogP contribution is -2.45. The molecule has 2 rings (SSSR count). The zero-order chi connectivity index (χ0) is 30.1. The summed E-state index contributed by atoms with van der Waals surface area (Å²) in [4.78, 5) is 15.5. The van der Waals surface area contributed by atoms with E-state index < -0.39 is 42.5 Å². The number of hydrogen-bond donors (Lipinski definition) is 8. The van der Waals surface area contributed by atoms with E-state index in [1.807, 2.05) is 6.92 Å². The van der Waals surface area contributed by atoms with Gasteiger partial charge in [0.2, 0.25) is 0 Å². The topological polar surface area (TPSA) is 219 Å². The molecular weight excluding hydrogens is 550 g/mol. The number of carboxylic acid groups (broad SMARTS) is 1. The monoisotopic (exact) mass is 593 g/mol. The van der Waals surface area contributed by atoms with Crippen molar-refractivity contribution in [2.45, 2.75) is 63.1 Å². The number of aromatic hydroxyl groups is 1. The van der Waals surface area contributed by atoms with E-state index in [9.17, 15) is 25.2 Å². The average molecular weight is 594 g/mol. The Labute approximate surface area is 238 Å². The minimum absolute atomic E-state index is 0.00779. The normalized spacial score (nSPS) is 19.6. The van der Waals surface area contributed by atoms with Gasteiger partial charge in [-0.3, -0.25) is 4.99 Å². The van der Waals surface area contributed by atoms with Crippen molar-refractivity contribution in [3.8, 4) is 11.5 Å². The van der Waals surface area contributed by atoms with Crippen LogP contribution in [0, 0.1) is 0 Å². The largest absolute Gasteiger partial charge is 0.507 e. The Kier molecular flexibility index (Phi) is 17.3. The lowest BCUT2D eigenvalue weighted by Gasteiger charge is -2.25. The molecule has 0 aliphatic carbocycles. The number of aliphatic carboxylic acids is 1. The second-order valence-corrected chi connectivity index (χ2v) is 10.2. The number of carboxylic acids is 1. The minimum Gasteiger partial charge on any atom is -0.507 e. The lowest BCUT2D eigenvalue weighted by atomic mass is 10.0. The number of aliphatic hydroxyl groups is 6. The third kappa shape index (κ3) is 12.2. The molecule has 14 heteroatoms. The van der Waals surface area contributed by atoms with E-state index in [2.05, 4.69) is 4.99 Å². The number of rotatable bonds is 18. The van der Waals surface area contributed by atoms with Gasteiger partial charge in [0, 0.05) is 30.6 Å². The van der Waals surface area contributed by atoms with E-state index in [-0.39, 0.29) is 12.4 Å². The van der Waals surface area contributed by atoms with E-state index in [1.54, 1.807) is 19.1 Å². The predicted molar refractivity (Wildman–Crippen MR) is 148 cm³/mol. The number of carbonyl (C=O) groups is 1. The number of aliphatic imine (C=N–C) groups is 1. The molecule has 1 aromatic carbocycles. The third-order valence-electron chi connectivity index (χ3n) is 5.72. The highest BCUT2D eigenvalue weighted by Crippen LogP contribution is 2.35. The Morgan fingerprint density at radius 2 is 1.65 bits per heavy atom. The van der Waals surface area contributed by atoms with Gasteiger partial charge in [-0.2, -0.15) is 0 Å². The summed E-state index contributed by atoms with van der Waals surface area (Å²) in [5.41, 5.74) is -0.672. The van der Waals surface area contributed by atoms with Gasteiger partial charge in [0.25, 0.3) is 0 Å². The van der Waals surface area contributed by atoms with E-state index in [0.717, 1.165) is 0 Å². The maximum absolute atomic E-state index is 11.3. The molecule has 0 bridgehead atoms. The number of nitrogens with zero attached hydrogens (tertiary/aromatic N) is 1. The molecule has 4 unspecified atom stereocenters. The molecule has 13 nitrogen and oxygen atoms in total. The van der Waals surface area contributed by atoms with E-state index in [1.165, 1.54) is 17.8 Å². The number of phenols is 1. The van der Waals surface area contributed by atoms with Crippen molar-refractivity contribution < 1.29 is 59.9 Å². The number of hydrogen-bond acceptors (Lipinski definition) is 13. The van der Waals surface area contributed by atoms with E-state index in [4.69, 9.17) is 34.6 Å². The first-order valence-corrected chi connectivity index (χ1v) is 14.0.